The van der Waals surface area contributed by atoms with Crippen LogP contribution in [-0.4, -0.2) is 40.8 Å². The van der Waals surface area contributed by atoms with E-state index in [2.05, 4.69) is 11.6 Å². The molecule has 7 heteroatoms. The van der Waals surface area contributed by atoms with Crippen LogP contribution in [0, 0.1) is 0 Å². The number of hydrogen-bond donors (Lipinski definition) is 1. The molecule has 142 valence electrons. The van der Waals surface area contributed by atoms with E-state index >= 15 is 0 Å². The summed E-state index contributed by atoms with van der Waals surface area (Å²) in [6.07, 6.45) is 0. The van der Waals surface area contributed by atoms with E-state index in [0.717, 1.165) is 11.3 Å². The highest BCUT2D eigenvalue weighted by Crippen LogP contribution is 2.23. The molecule has 0 bridgehead atoms. The molecule has 0 amide bonds. The molecule has 0 aromatic heterocycles. The number of rotatable bonds is 10. The monoisotopic (exact) mass is 387 g/mol. The third-order valence-electron chi connectivity index (χ3n) is 3.21. The second-order valence-corrected chi connectivity index (χ2v) is 9.71. The van der Waals surface area contributed by atoms with Crippen molar-refractivity contribution >= 4 is 29.1 Å². The fraction of sp³-hybridized carbons (Fsp3) is 0.611. The summed E-state index contributed by atoms with van der Waals surface area (Å²) in [6, 6.07) is 7.83. The summed E-state index contributed by atoms with van der Waals surface area (Å²) in [5, 5.41) is 0. The molecule has 0 unspecified atom stereocenters. The Morgan fingerprint density at radius 2 is 1.92 bits per heavy atom. The fourth-order valence-electron chi connectivity index (χ4n) is 1.93. The van der Waals surface area contributed by atoms with Gasteiger partial charge in [-0.1, -0.05) is 19.1 Å². The SMILES string of the molecule is CCOC(=O)COC[C@H](N[S@+]([O-])C(C)(C)C)c1ccc(SCC)cc1. The van der Waals surface area contributed by atoms with Crippen LogP contribution in [0.5, 0.6) is 0 Å². The molecule has 25 heavy (non-hydrogen) atoms. The zero-order chi connectivity index (χ0) is 18.9. The molecule has 2 atom stereocenters. The van der Waals surface area contributed by atoms with E-state index in [0.29, 0.717) is 6.61 Å². The van der Waals surface area contributed by atoms with Gasteiger partial charge in [-0.25, -0.2) is 4.79 Å². The quantitative estimate of drug-likeness (QED) is 0.377. The molecule has 0 saturated heterocycles. The molecule has 5 nitrogen and oxygen atoms in total. The van der Waals surface area contributed by atoms with Gasteiger partial charge < -0.3 is 14.0 Å². The number of benzene rings is 1. The first-order valence-electron chi connectivity index (χ1n) is 8.42. The number of nitrogens with one attached hydrogen (secondary N) is 1. The van der Waals surface area contributed by atoms with Crippen LogP contribution in [-0.2, 0) is 25.6 Å². The number of carbonyl (C=O) groups is 1. The Balaban J connectivity index is 2.77. The number of hydrogen-bond acceptors (Lipinski definition) is 6. The van der Waals surface area contributed by atoms with E-state index < -0.39 is 22.1 Å². The fourth-order valence-corrected chi connectivity index (χ4v) is 3.41. The van der Waals surface area contributed by atoms with Gasteiger partial charge in [0.1, 0.15) is 17.4 Å². The molecular formula is C18H29NO4S2. The maximum atomic E-state index is 12.5. The maximum absolute atomic E-state index is 12.5. The molecule has 1 N–H and O–H groups in total. The van der Waals surface area contributed by atoms with Crippen molar-refractivity contribution in [3.63, 3.8) is 0 Å². The van der Waals surface area contributed by atoms with E-state index in [1.165, 1.54) is 4.90 Å². The summed E-state index contributed by atoms with van der Waals surface area (Å²) in [4.78, 5) is 12.6. The molecule has 1 rings (SSSR count). The number of thioether (sulfide) groups is 1. The Morgan fingerprint density at radius 3 is 2.44 bits per heavy atom. The van der Waals surface area contributed by atoms with Crippen LogP contribution in [0.1, 0.15) is 46.2 Å². The maximum Gasteiger partial charge on any atom is 0.332 e. The van der Waals surface area contributed by atoms with E-state index in [9.17, 15) is 9.35 Å². The summed E-state index contributed by atoms with van der Waals surface area (Å²) < 4.78 is 25.5. The largest absolute Gasteiger partial charge is 0.598 e. The minimum absolute atomic E-state index is 0.113. The van der Waals surface area contributed by atoms with Crippen molar-refractivity contribution < 1.29 is 18.8 Å². The van der Waals surface area contributed by atoms with Gasteiger partial charge in [-0.15, -0.1) is 16.5 Å². The highest BCUT2D eigenvalue weighted by Gasteiger charge is 2.30. The van der Waals surface area contributed by atoms with Crippen LogP contribution in [0.4, 0.5) is 0 Å². The van der Waals surface area contributed by atoms with Crippen LogP contribution in [0.15, 0.2) is 29.2 Å². The van der Waals surface area contributed by atoms with Gasteiger partial charge in [0.25, 0.3) is 0 Å². The highest BCUT2D eigenvalue weighted by molar-refractivity contribution is 7.99. The van der Waals surface area contributed by atoms with E-state index in [4.69, 9.17) is 9.47 Å². The normalized spacial score (nSPS) is 14.2. The third-order valence-corrected chi connectivity index (χ3v) is 5.71. The molecule has 0 aliphatic heterocycles. The Morgan fingerprint density at radius 1 is 1.28 bits per heavy atom. The zero-order valence-corrected chi connectivity index (χ0v) is 17.3. The smallest absolute Gasteiger partial charge is 0.332 e. The topological polar surface area (TPSA) is 70.6 Å². The molecular weight excluding hydrogens is 358 g/mol. The second-order valence-electron chi connectivity index (χ2n) is 6.37. The van der Waals surface area contributed by atoms with Crippen molar-refractivity contribution in [1.29, 1.82) is 0 Å². The van der Waals surface area contributed by atoms with Crippen molar-refractivity contribution in [2.45, 2.75) is 50.3 Å². The lowest BCUT2D eigenvalue weighted by Gasteiger charge is -2.28. The minimum atomic E-state index is -1.25. The predicted octanol–water partition coefficient (Wildman–Crippen LogP) is 3.47. The van der Waals surface area contributed by atoms with Crippen molar-refractivity contribution in [2.24, 2.45) is 0 Å². The molecule has 0 saturated carbocycles. The number of esters is 1. The van der Waals surface area contributed by atoms with E-state index in [1.807, 2.05) is 45.0 Å². The van der Waals surface area contributed by atoms with Crippen molar-refractivity contribution in [3.8, 4) is 0 Å². The van der Waals surface area contributed by atoms with Crippen LogP contribution >= 0.6 is 11.8 Å². The average Bonchev–Trinajstić information content (AvgIpc) is 2.54. The Kier molecular flexibility index (Phi) is 9.89. The number of carbonyl (C=O) groups excluding carboxylic acids is 1. The van der Waals surface area contributed by atoms with Gasteiger partial charge in [-0.3, -0.25) is 0 Å². The summed E-state index contributed by atoms with van der Waals surface area (Å²) >= 11 is 0.523. The molecule has 1 aromatic carbocycles. The van der Waals surface area contributed by atoms with Gasteiger partial charge in [-0.05, 0) is 51.1 Å². The molecule has 0 fully saturated rings. The van der Waals surface area contributed by atoms with Gasteiger partial charge in [0, 0.05) is 16.3 Å². The third kappa shape index (κ3) is 8.46. The van der Waals surface area contributed by atoms with Gasteiger partial charge in [0.2, 0.25) is 0 Å². The highest BCUT2D eigenvalue weighted by atomic mass is 32.2. The standard InChI is InChI=1S/C18H29NO4S2/c1-6-23-17(20)13-22-12-16(19-25(21)18(3,4)5)14-8-10-15(11-9-14)24-7-2/h8-11,16,19H,6-7,12-13H2,1-5H3/t16-,25+/m0/s1. The summed E-state index contributed by atoms with van der Waals surface area (Å²) in [6.45, 7) is 10.0. The summed E-state index contributed by atoms with van der Waals surface area (Å²) in [7, 11) is 0. The zero-order valence-electron chi connectivity index (χ0n) is 15.7. The van der Waals surface area contributed by atoms with Crippen LogP contribution in [0.25, 0.3) is 0 Å². The molecule has 0 spiro atoms. The van der Waals surface area contributed by atoms with Gasteiger partial charge >= 0.3 is 5.97 Å². The predicted molar refractivity (Wildman–Crippen MR) is 104 cm³/mol. The summed E-state index contributed by atoms with van der Waals surface area (Å²) in [5.41, 5.74) is 0.974. The molecule has 1 aromatic rings. The van der Waals surface area contributed by atoms with Crippen molar-refractivity contribution in [3.05, 3.63) is 29.8 Å². The first-order valence-corrected chi connectivity index (χ1v) is 10.6. The Labute approximate surface area is 158 Å². The number of ether oxygens (including phenoxy) is 2. The van der Waals surface area contributed by atoms with Crippen molar-refractivity contribution in [1.82, 2.24) is 4.72 Å². The molecule has 0 radical (unpaired) electrons. The van der Waals surface area contributed by atoms with Gasteiger partial charge in [0.15, 0.2) is 0 Å². The first kappa shape index (κ1) is 22.3. The lowest BCUT2D eigenvalue weighted by Crippen LogP contribution is -2.42. The lowest BCUT2D eigenvalue weighted by atomic mass is 10.1. The van der Waals surface area contributed by atoms with Gasteiger partial charge in [-0.2, -0.15) is 0 Å². The molecule has 0 aliphatic rings. The Bertz CT molecular complexity index is 517. The van der Waals surface area contributed by atoms with Crippen LogP contribution < -0.4 is 4.72 Å². The summed E-state index contributed by atoms with van der Waals surface area (Å²) in [5.74, 6) is 0.616. The van der Waals surface area contributed by atoms with Gasteiger partial charge in [0.05, 0.1) is 13.2 Å². The van der Waals surface area contributed by atoms with Crippen LogP contribution in [0.2, 0.25) is 0 Å². The Hall–Kier alpha value is -0.730. The van der Waals surface area contributed by atoms with E-state index in [1.54, 1.807) is 18.7 Å². The minimum Gasteiger partial charge on any atom is -0.598 e. The lowest BCUT2D eigenvalue weighted by molar-refractivity contribution is -0.148. The molecule has 0 aliphatic carbocycles. The van der Waals surface area contributed by atoms with Crippen LogP contribution in [0.3, 0.4) is 0 Å². The van der Waals surface area contributed by atoms with E-state index in [-0.39, 0.29) is 19.3 Å². The first-order chi connectivity index (χ1) is 11.8. The molecule has 0 heterocycles. The van der Waals surface area contributed by atoms with Crippen molar-refractivity contribution in [2.75, 3.05) is 25.6 Å². The second kappa shape index (κ2) is 11.1. The average molecular weight is 388 g/mol.